The zero-order chi connectivity index (χ0) is 14.0. The van der Waals surface area contributed by atoms with Gasteiger partial charge < -0.3 is 4.74 Å². The van der Waals surface area contributed by atoms with Crippen molar-refractivity contribution in [3.63, 3.8) is 0 Å². The van der Waals surface area contributed by atoms with Crippen molar-refractivity contribution in [3.05, 3.63) is 42.2 Å². The van der Waals surface area contributed by atoms with E-state index in [-0.39, 0.29) is 0 Å². The number of hydrogen-bond donors (Lipinski definition) is 0. The van der Waals surface area contributed by atoms with Crippen LogP contribution in [0.25, 0.3) is 0 Å². The van der Waals surface area contributed by atoms with Gasteiger partial charge in [-0.3, -0.25) is 0 Å². The average Bonchev–Trinajstić information content (AvgIpc) is 2.43. The van der Waals surface area contributed by atoms with Crippen LogP contribution < -0.4 is 0 Å². The zero-order valence-electron chi connectivity index (χ0n) is 12.1. The Morgan fingerprint density at radius 2 is 1.79 bits per heavy atom. The number of ether oxygens (including phenoxy) is 1. The Hall–Kier alpha value is -0.750. The largest absolute Gasteiger partial charge is 0.377 e. The van der Waals surface area contributed by atoms with Gasteiger partial charge in [-0.1, -0.05) is 37.6 Å². The van der Waals surface area contributed by atoms with E-state index in [2.05, 4.69) is 37.0 Å². The highest BCUT2D eigenvalue weighted by molar-refractivity contribution is 6.17. The third-order valence-corrected chi connectivity index (χ3v) is 2.67. The van der Waals surface area contributed by atoms with Crippen molar-refractivity contribution >= 4 is 11.6 Å². The van der Waals surface area contributed by atoms with Crippen LogP contribution in [0.5, 0.6) is 0 Å². The first-order valence-electron chi connectivity index (χ1n) is 7.25. The van der Waals surface area contributed by atoms with Crippen LogP contribution in [-0.4, -0.2) is 19.1 Å². The minimum atomic E-state index is 0.700. The second kappa shape index (κ2) is 17.2. The quantitative estimate of drug-likeness (QED) is 0.201. The lowest BCUT2D eigenvalue weighted by Gasteiger charge is -1.95. The summed E-state index contributed by atoms with van der Waals surface area (Å²) < 4.78 is 5.47. The van der Waals surface area contributed by atoms with E-state index >= 15 is 0 Å². The molecule has 0 aliphatic heterocycles. The van der Waals surface area contributed by atoms with Crippen LogP contribution in [0.1, 0.15) is 45.4 Å². The molecule has 0 aliphatic rings. The van der Waals surface area contributed by atoms with Gasteiger partial charge in [-0.2, -0.15) is 0 Å². The van der Waals surface area contributed by atoms with Crippen LogP contribution >= 0.6 is 11.6 Å². The molecule has 0 spiro atoms. The predicted molar refractivity (Wildman–Crippen MR) is 85.8 cm³/mol. The van der Waals surface area contributed by atoms with Crippen LogP contribution in [-0.2, 0) is 4.74 Å². The van der Waals surface area contributed by atoms with Crippen molar-refractivity contribution in [3.8, 4) is 0 Å². The number of halogens is 1. The number of unbranched alkanes of at least 4 members (excludes halogenated alkanes) is 2. The van der Waals surface area contributed by atoms with Crippen LogP contribution in [0.15, 0.2) is 42.2 Å². The van der Waals surface area contributed by atoms with E-state index in [9.17, 15) is 0 Å². The first kappa shape index (κ1) is 18.2. The van der Waals surface area contributed by atoms with Crippen molar-refractivity contribution in [2.45, 2.75) is 45.4 Å². The summed E-state index contributed by atoms with van der Waals surface area (Å²) in [4.78, 5) is 0. The molecule has 0 fully saturated rings. The molecule has 0 aromatic heterocycles. The third-order valence-electron chi connectivity index (χ3n) is 2.40. The molecule has 0 aromatic carbocycles. The van der Waals surface area contributed by atoms with Gasteiger partial charge in [0.05, 0.1) is 13.2 Å². The second-order valence-electron chi connectivity index (χ2n) is 4.24. The average molecular weight is 283 g/mol. The summed E-state index contributed by atoms with van der Waals surface area (Å²) in [6.45, 7) is 3.65. The maximum atomic E-state index is 5.57. The summed E-state index contributed by atoms with van der Waals surface area (Å²) in [5.41, 5.74) is 3.14. The van der Waals surface area contributed by atoms with Crippen molar-refractivity contribution in [1.29, 1.82) is 0 Å². The minimum absolute atomic E-state index is 0.700. The Morgan fingerprint density at radius 3 is 2.58 bits per heavy atom. The molecule has 0 amide bonds. The van der Waals surface area contributed by atoms with E-state index in [1.165, 1.54) is 12.8 Å². The van der Waals surface area contributed by atoms with Gasteiger partial charge in [-0.15, -0.1) is 17.3 Å². The summed E-state index contributed by atoms with van der Waals surface area (Å²) in [5, 5.41) is 0. The SMILES string of the molecule is CCCC=CCC=CCOCCC=C=CCCCCl. The minimum Gasteiger partial charge on any atom is -0.377 e. The van der Waals surface area contributed by atoms with Gasteiger partial charge in [0.2, 0.25) is 0 Å². The molecule has 0 bridgehead atoms. The third kappa shape index (κ3) is 17.2. The molecule has 0 unspecified atom stereocenters. The lowest BCUT2D eigenvalue weighted by atomic mass is 10.3. The van der Waals surface area contributed by atoms with Crippen LogP contribution in [0, 0.1) is 0 Å². The Labute approximate surface area is 123 Å². The fourth-order valence-corrected chi connectivity index (χ4v) is 1.50. The van der Waals surface area contributed by atoms with E-state index in [1.807, 2.05) is 12.2 Å². The molecule has 0 atom stereocenters. The van der Waals surface area contributed by atoms with E-state index < -0.39 is 0 Å². The Morgan fingerprint density at radius 1 is 1.00 bits per heavy atom. The van der Waals surface area contributed by atoms with E-state index in [0.29, 0.717) is 6.61 Å². The van der Waals surface area contributed by atoms with Gasteiger partial charge in [0, 0.05) is 5.88 Å². The Kier molecular flexibility index (Phi) is 16.6. The molecule has 108 valence electrons. The fourth-order valence-electron chi connectivity index (χ4n) is 1.35. The highest BCUT2D eigenvalue weighted by Gasteiger charge is 1.81. The molecule has 0 N–H and O–H groups in total. The van der Waals surface area contributed by atoms with Gasteiger partial charge >= 0.3 is 0 Å². The van der Waals surface area contributed by atoms with Gasteiger partial charge in [0.25, 0.3) is 0 Å². The maximum Gasteiger partial charge on any atom is 0.0647 e. The lowest BCUT2D eigenvalue weighted by Crippen LogP contribution is -1.91. The Balaban J connectivity index is 3.30. The number of rotatable bonds is 12. The lowest BCUT2D eigenvalue weighted by molar-refractivity contribution is 0.167. The van der Waals surface area contributed by atoms with Crippen molar-refractivity contribution in [1.82, 2.24) is 0 Å². The van der Waals surface area contributed by atoms with Crippen molar-refractivity contribution in [2.75, 3.05) is 19.1 Å². The molecule has 1 nitrogen and oxygen atoms in total. The normalized spacial score (nSPS) is 11.1. The predicted octanol–water partition coefficient (Wildman–Crippen LogP) is 5.43. The molecular weight excluding hydrogens is 256 g/mol. The molecular formula is C17H27ClO. The highest BCUT2D eigenvalue weighted by atomic mass is 35.5. The zero-order valence-corrected chi connectivity index (χ0v) is 12.9. The molecule has 0 saturated carbocycles. The summed E-state index contributed by atoms with van der Waals surface area (Å²) in [7, 11) is 0. The number of allylic oxidation sites excluding steroid dienone is 3. The van der Waals surface area contributed by atoms with Crippen LogP contribution in [0.4, 0.5) is 0 Å². The summed E-state index contributed by atoms with van der Waals surface area (Å²) in [6, 6.07) is 0. The molecule has 19 heavy (non-hydrogen) atoms. The monoisotopic (exact) mass is 282 g/mol. The molecule has 0 saturated heterocycles. The number of alkyl halides is 1. The Bertz CT molecular complexity index is 286. The van der Waals surface area contributed by atoms with Gasteiger partial charge in [-0.05, 0) is 44.3 Å². The molecule has 0 heterocycles. The molecule has 0 radical (unpaired) electrons. The molecule has 0 rings (SSSR count). The summed E-state index contributed by atoms with van der Waals surface area (Å²) in [5.74, 6) is 0.723. The van der Waals surface area contributed by atoms with Crippen molar-refractivity contribution in [2.24, 2.45) is 0 Å². The van der Waals surface area contributed by atoms with Gasteiger partial charge in [-0.25, -0.2) is 0 Å². The van der Waals surface area contributed by atoms with Crippen molar-refractivity contribution < 1.29 is 4.74 Å². The van der Waals surface area contributed by atoms with Gasteiger partial charge in [0.15, 0.2) is 0 Å². The summed E-state index contributed by atoms with van der Waals surface area (Å²) >= 11 is 5.57. The van der Waals surface area contributed by atoms with Crippen LogP contribution in [0.2, 0.25) is 0 Å². The van der Waals surface area contributed by atoms with E-state index in [4.69, 9.17) is 16.3 Å². The maximum absolute atomic E-state index is 5.57. The van der Waals surface area contributed by atoms with Crippen LogP contribution in [0.3, 0.4) is 0 Å². The first-order chi connectivity index (χ1) is 9.41. The first-order valence-corrected chi connectivity index (χ1v) is 7.78. The highest BCUT2D eigenvalue weighted by Crippen LogP contribution is 1.94. The molecule has 2 heteroatoms. The van der Waals surface area contributed by atoms with E-state index in [1.54, 1.807) is 0 Å². The molecule has 0 aromatic rings. The van der Waals surface area contributed by atoms with Gasteiger partial charge in [0.1, 0.15) is 0 Å². The van der Waals surface area contributed by atoms with E-state index in [0.717, 1.165) is 38.2 Å². The second-order valence-corrected chi connectivity index (χ2v) is 4.61. The topological polar surface area (TPSA) is 9.23 Å². The molecule has 0 aliphatic carbocycles. The standard InChI is InChI=1S/C17H27ClO/c1-2-3-4-5-7-10-13-16-19-17-14-11-8-6-9-12-15-18/h4-6,10-11,13H,2-3,7,9,12,14-17H2,1H3. The summed E-state index contributed by atoms with van der Waals surface area (Å²) in [6.07, 6.45) is 19.1. The fraction of sp³-hybridized carbons (Fsp3) is 0.588. The number of hydrogen-bond acceptors (Lipinski definition) is 1. The smallest absolute Gasteiger partial charge is 0.0647 e.